The van der Waals surface area contributed by atoms with Gasteiger partial charge in [-0.05, 0) is 12.8 Å². The Morgan fingerprint density at radius 3 is 2.38 bits per heavy atom. The number of nitrogens with two attached hydrogens (primary N) is 1. The maximum absolute atomic E-state index is 11.9. The van der Waals surface area contributed by atoms with E-state index in [1.807, 2.05) is 30.3 Å². The van der Waals surface area contributed by atoms with Crippen molar-refractivity contribution in [3.05, 3.63) is 36.0 Å². The van der Waals surface area contributed by atoms with E-state index < -0.39 is 5.97 Å². The molecule has 2 heterocycles. The molecule has 1 aliphatic heterocycles. The Morgan fingerprint density at radius 2 is 1.75 bits per heavy atom. The van der Waals surface area contributed by atoms with Crippen molar-refractivity contribution >= 4 is 17.6 Å². The number of aromatic nitrogens is 2. The van der Waals surface area contributed by atoms with Crippen molar-refractivity contribution in [2.45, 2.75) is 25.7 Å². The van der Waals surface area contributed by atoms with Crippen LogP contribution in [0.1, 0.15) is 36.2 Å². The molecule has 1 aliphatic rings. The third-order valence-electron chi connectivity index (χ3n) is 4.24. The van der Waals surface area contributed by atoms with Gasteiger partial charge in [0.2, 0.25) is 0 Å². The number of carbonyl (C=O) groups excluding carboxylic acids is 1. The lowest BCUT2D eigenvalue weighted by Gasteiger charge is -2.24. The van der Waals surface area contributed by atoms with Crippen LogP contribution in [-0.2, 0) is 4.74 Å². The third kappa shape index (κ3) is 3.32. The highest BCUT2D eigenvalue weighted by Gasteiger charge is 2.23. The van der Waals surface area contributed by atoms with E-state index in [0.717, 1.165) is 37.3 Å². The molecule has 0 saturated carbocycles. The van der Waals surface area contributed by atoms with Gasteiger partial charge in [-0.1, -0.05) is 43.2 Å². The van der Waals surface area contributed by atoms with E-state index in [2.05, 4.69) is 14.9 Å². The highest BCUT2D eigenvalue weighted by Crippen LogP contribution is 2.31. The molecule has 0 spiro atoms. The van der Waals surface area contributed by atoms with Gasteiger partial charge in [0.15, 0.2) is 17.3 Å². The van der Waals surface area contributed by atoms with Crippen molar-refractivity contribution in [3.8, 4) is 11.3 Å². The number of hydrogen-bond acceptors (Lipinski definition) is 6. The van der Waals surface area contributed by atoms with Gasteiger partial charge in [0.25, 0.3) is 0 Å². The summed E-state index contributed by atoms with van der Waals surface area (Å²) in [5.41, 5.74) is 7.64. The van der Waals surface area contributed by atoms with E-state index in [9.17, 15) is 4.79 Å². The van der Waals surface area contributed by atoms with Crippen LogP contribution in [0, 0.1) is 0 Å². The number of esters is 1. The topological polar surface area (TPSA) is 81.3 Å². The molecule has 0 bridgehead atoms. The molecule has 0 aliphatic carbocycles. The molecule has 0 unspecified atom stereocenters. The number of nitrogens with zero attached hydrogens (tertiary/aromatic N) is 3. The average molecular weight is 326 g/mol. The summed E-state index contributed by atoms with van der Waals surface area (Å²) in [6.07, 6.45) is 4.68. The van der Waals surface area contributed by atoms with Crippen LogP contribution in [0.5, 0.6) is 0 Å². The Hall–Kier alpha value is -2.63. The van der Waals surface area contributed by atoms with E-state index in [4.69, 9.17) is 10.5 Å². The first-order valence-corrected chi connectivity index (χ1v) is 8.27. The second kappa shape index (κ2) is 7.29. The molecule has 0 atom stereocenters. The first-order valence-electron chi connectivity index (χ1n) is 8.27. The number of rotatable bonds is 3. The van der Waals surface area contributed by atoms with Crippen molar-refractivity contribution in [3.63, 3.8) is 0 Å². The van der Waals surface area contributed by atoms with E-state index >= 15 is 0 Å². The van der Waals surface area contributed by atoms with Crippen molar-refractivity contribution in [1.29, 1.82) is 0 Å². The summed E-state index contributed by atoms with van der Waals surface area (Å²) >= 11 is 0. The zero-order valence-corrected chi connectivity index (χ0v) is 13.9. The number of anilines is 2. The molecule has 6 heteroatoms. The Kier molecular flexibility index (Phi) is 4.93. The molecule has 1 aromatic carbocycles. The fraction of sp³-hybridized carbons (Fsp3) is 0.389. The van der Waals surface area contributed by atoms with Crippen molar-refractivity contribution in [2.75, 3.05) is 30.8 Å². The molecular formula is C18H22N4O2. The third-order valence-corrected chi connectivity index (χ3v) is 4.24. The first-order chi connectivity index (χ1) is 11.7. The quantitative estimate of drug-likeness (QED) is 0.874. The minimum Gasteiger partial charge on any atom is -0.464 e. The summed E-state index contributed by atoms with van der Waals surface area (Å²) in [5, 5.41) is 0. The molecule has 126 valence electrons. The van der Waals surface area contributed by atoms with Gasteiger partial charge in [0.05, 0.1) is 7.11 Å². The zero-order valence-electron chi connectivity index (χ0n) is 13.9. The highest BCUT2D eigenvalue weighted by molar-refractivity contribution is 5.93. The molecule has 0 amide bonds. The predicted octanol–water partition coefficient (Wildman–Crippen LogP) is 2.89. The summed E-state index contributed by atoms with van der Waals surface area (Å²) in [6.45, 7) is 1.84. The van der Waals surface area contributed by atoms with Crippen molar-refractivity contribution in [2.24, 2.45) is 0 Å². The van der Waals surface area contributed by atoms with Gasteiger partial charge < -0.3 is 15.4 Å². The number of ether oxygens (including phenoxy) is 1. The van der Waals surface area contributed by atoms with Crippen LogP contribution >= 0.6 is 0 Å². The summed E-state index contributed by atoms with van der Waals surface area (Å²) in [7, 11) is 1.31. The molecule has 6 nitrogen and oxygen atoms in total. The van der Waals surface area contributed by atoms with Gasteiger partial charge in [-0.2, -0.15) is 0 Å². The van der Waals surface area contributed by atoms with Gasteiger partial charge in [0, 0.05) is 18.7 Å². The smallest absolute Gasteiger partial charge is 0.360 e. The van der Waals surface area contributed by atoms with E-state index in [-0.39, 0.29) is 11.5 Å². The number of hydrogen-bond donors (Lipinski definition) is 1. The standard InChI is InChI=1S/C18H22N4O2/c1-24-18(23)15-16(19)21-17(22-11-7-2-3-8-12-22)14(20-15)13-9-5-4-6-10-13/h4-6,9-10H,2-3,7-8,11-12H2,1H3,(H2,19,21). The van der Waals surface area contributed by atoms with Crippen LogP contribution < -0.4 is 10.6 Å². The average Bonchev–Trinajstić information content (AvgIpc) is 2.91. The number of benzene rings is 1. The molecule has 2 N–H and O–H groups in total. The SMILES string of the molecule is COC(=O)c1nc(-c2ccccc2)c(N2CCCCCC2)nc1N. The van der Waals surface area contributed by atoms with Crippen molar-refractivity contribution in [1.82, 2.24) is 9.97 Å². The number of nitrogen functional groups attached to an aromatic ring is 1. The zero-order chi connectivity index (χ0) is 16.9. The van der Waals surface area contributed by atoms with Crippen LogP contribution in [0.15, 0.2) is 30.3 Å². The van der Waals surface area contributed by atoms with Crippen LogP contribution in [0.25, 0.3) is 11.3 Å². The molecule has 2 aromatic rings. The van der Waals surface area contributed by atoms with Gasteiger partial charge in [-0.15, -0.1) is 0 Å². The van der Waals surface area contributed by atoms with Gasteiger partial charge in [-0.25, -0.2) is 14.8 Å². The Balaban J connectivity index is 2.12. The first kappa shape index (κ1) is 16.2. The molecular weight excluding hydrogens is 304 g/mol. The van der Waals surface area contributed by atoms with E-state index in [1.165, 1.54) is 20.0 Å². The monoisotopic (exact) mass is 326 g/mol. The Morgan fingerprint density at radius 1 is 1.08 bits per heavy atom. The minimum atomic E-state index is -0.570. The van der Waals surface area contributed by atoms with Gasteiger partial charge >= 0.3 is 5.97 Å². The van der Waals surface area contributed by atoms with Crippen LogP contribution in [0.2, 0.25) is 0 Å². The lowest BCUT2D eigenvalue weighted by Crippen LogP contribution is -2.27. The molecule has 0 radical (unpaired) electrons. The van der Waals surface area contributed by atoms with Gasteiger partial charge in [0.1, 0.15) is 5.69 Å². The lowest BCUT2D eigenvalue weighted by atomic mass is 10.1. The van der Waals surface area contributed by atoms with E-state index in [1.54, 1.807) is 0 Å². The highest BCUT2D eigenvalue weighted by atomic mass is 16.5. The Labute approximate surface area is 141 Å². The normalized spacial score (nSPS) is 15.0. The molecule has 1 fully saturated rings. The summed E-state index contributed by atoms with van der Waals surface area (Å²) in [4.78, 5) is 23.2. The molecule has 1 aromatic heterocycles. The largest absolute Gasteiger partial charge is 0.464 e. The van der Waals surface area contributed by atoms with Crippen LogP contribution in [-0.4, -0.2) is 36.1 Å². The second-order valence-electron chi connectivity index (χ2n) is 5.89. The summed E-state index contributed by atoms with van der Waals surface area (Å²) < 4.78 is 4.78. The predicted molar refractivity (Wildman–Crippen MR) is 93.9 cm³/mol. The maximum atomic E-state index is 11.9. The van der Waals surface area contributed by atoms with Crippen LogP contribution in [0.3, 0.4) is 0 Å². The van der Waals surface area contributed by atoms with Crippen LogP contribution in [0.4, 0.5) is 11.6 Å². The number of carbonyl (C=O) groups is 1. The molecule has 3 rings (SSSR count). The second-order valence-corrected chi connectivity index (χ2v) is 5.89. The molecule has 1 saturated heterocycles. The fourth-order valence-corrected chi connectivity index (χ4v) is 2.98. The minimum absolute atomic E-state index is 0.0647. The summed E-state index contributed by atoms with van der Waals surface area (Å²) in [6, 6.07) is 9.75. The summed E-state index contributed by atoms with van der Waals surface area (Å²) in [5.74, 6) is 0.286. The lowest BCUT2D eigenvalue weighted by molar-refractivity contribution is 0.0595. The fourth-order valence-electron chi connectivity index (χ4n) is 2.98. The number of methoxy groups -OCH3 is 1. The molecule has 24 heavy (non-hydrogen) atoms. The van der Waals surface area contributed by atoms with E-state index in [0.29, 0.717) is 5.69 Å². The Bertz CT molecular complexity index is 710. The van der Waals surface area contributed by atoms with Crippen molar-refractivity contribution < 1.29 is 9.53 Å². The van der Waals surface area contributed by atoms with Gasteiger partial charge in [-0.3, -0.25) is 0 Å². The maximum Gasteiger partial charge on any atom is 0.360 e.